The Morgan fingerprint density at radius 2 is 2.20 bits per heavy atom. The fraction of sp³-hybridized carbons (Fsp3) is 0.500. The van der Waals surface area contributed by atoms with Gasteiger partial charge in [0.05, 0.1) is 11.9 Å². The predicted octanol–water partition coefficient (Wildman–Crippen LogP) is 3.08. The molecule has 0 atom stereocenters. The maximum atomic E-state index is 11.9. The number of aliphatic imine (C=N–C) groups is 1. The van der Waals surface area contributed by atoms with E-state index < -0.39 is 0 Å². The third kappa shape index (κ3) is 8.85. The lowest BCUT2D eigenvalue weighted by atomic mass is 9.97. The van der Waals surface area contributed by atoms with Crippen molar-refractivity contribution in [3.05, 3.63) is 36.2 Å². The van der Waals surface area contributed by atoms with E-state index in [1.807, 2.05) is 6.92 Å². The Morgan fingerprint density at radius 1 is 1.32 bits per heavy atom. The third-order valence-corrected chi connectivity index (χ3v) is 3.79. The first-order valence-electron chi connectivity index (χ1n) is 8.68. The Balaban J connectivity index is 0.00000312. The highest BCUT2D eigenvalue weighted by Gasteiger charge is 2.05. The summed E-state index contributed by atoms with van der Waals surface area (Å²) in [5.41, 5.74) is 2.21. The first kappa shape index (κ1) is 21.4. The highest BCUT2D eigenvalue weighted by Crippen LogP contribution is 2.19. The minimum Gasteiger partial charge on any atom is -0.357 e. The Bertz CT molecular complexity index is 574. The van der Waals surface area contributed by atoms with Crippen LogP contribution in [0, 0.1) is 0 Å². The number of hydrogen-bond acceptors (Lipinski definition) is 3. The number of pyridine rings is 1. The van der Waals surface area contributed by atoms with E-state index in [1.54, 1.807) is 24.5 Å². The van der Waals surface area contributed by atoms with Crippen molar-refractivity contribution in [1.82, 2.24) is 15.6 Å². The number of carbonyl (C=O) groups is 1. The van der Waals surface area contributed by atoms with Crippen LogP contribution in [-0.4, -0.2) is 36.5 Å². The molecule has 1 aliphatic rings. The van der Waals surface area contributed by atoms with Crippen LogP contribution in [0.4, 0.5) is 5.69 Å². The number of nitrogens with zero attached hydrogens (tertiary/aromatic N) is 2. The summed E-state index contributed by atoms with van der Waals surface area (Å²) in [7, 11) is 0. The van der Waals surface area contributed by atoms with Gasteiger partial charge in [0.15, 0.2) is 5.96 Å². The molecule has 1 aliphatic carbocycles. The van der Waals surface area contributed by atoms with Crippen LogP contribution >= 0.6 is 24.0 Å². The largest absolute Gasteiger partial charge is 0.357 e. The Kier molecular flexibility index (Phi) is 10.9. The van der Waals surface area contributed by atoms with Crippen LogP contribution in [0.5, 0.6) is 0 Å². The molecule has 0 saturated heterocycles. The van der Waals surface area contributed by atoms with Crippen molar-refractivity contribution in [1.29, 1.82) is 0 Å². The smallest absolute Gasteiger partial charge is 0.246 e. The third-order valence-electron chi connectivity index (χ3n) is 3.79. The van der Waals surface area contributed by atoms with Gasteiger partial charge in [-0.2, -0.15) is 0 Å². The number of carbonyl (C=O) groups excluding carboxylic acids is 1. The lowest BCUT2D eigenvalue weighted by Gasteiger charge is -2.15. The molecule has 1 heterocycles. The molecule has 7 heteroatoms. The van der Waals surface area contributed by atoms with Gasteiger partial charge in [0.2, 0.25) is 5.91 Å². The van der Waals surface area contributed by atoms with E-state index in [1.165, 1.54) is 31.3 Å². The highest BCUT2D eigenvalue weighted by molar-refractivity contribution is 14.0. The zero-order valence-electron chi connectivity index (χ0n) is 14.8. The van der Waals surface area contributed by atoms with E-state index in [2.05, 4.69) is 32.0 Å². The number of guanidine groups is 1. The number of amides is 1. The summed E-state index contributed by atoms with van der Waals surface area (Å²) in [6.45, 7) is 3.68. The summed E-state index contributed by atoms with van der Waals surface area (Å²) in [5.74, 6) is 0.519. The summed E-state index contributed by atoms with van der Waals surface area (Å²) in [4.78, 5) is 20.2. The molecule has 0 aromatic carbocycles. The normalized spacial score (nSPS) is 14.1. The molecule has 1 aromatic heterocycles. The van der Waals surface area contributed by atoms with Crippen molar-refractivity contribution in [2.24, 2.45) is 4.99 Å². The quantitative estimate of drug-likeness (QED) is 0.255. The molecular formula is C18H28IN5O. The van der Waals surface area contributed by atoms with E-state index in [9.17, 15) is 4.79 Å². The van der Waals surface area contributed by atoms with Crippen LogP contribution in [0.1, 0.15) is 39.0 Å². The van der Waals surface area contributed by atoms with Gasteiger partial charge in [-0.3, -0.25) is 9.78 Å². The van der Waals surface area contributed by atoms with Crippen molar-refractivity contribution in [3.8, 4) is 0 Å². The van der Waals surface area contributed by atoms with Gasteiger partial charge >= 0.3 is 0 Å². The van der Waals surface area contributed by atoms with Gasteiger partial charge in [-0.05, 0) is 51.2 Å². The molecule has 0 radical (unpaired) electrons. The van der Waals surface area contributed by atoms with Crippen LogP contribution in [0.15, 0.2) is 41.2 Å². The maximum Gasteiger partial charge on any atom is 0.246 e. The van der Waals surface area contributed by atoms with Gasteiger partial charge in [-0.25, -0.2) is 4.99 Å². The average molecular weight is 457 g/mol. The van der Waals surface area contributed by atoms with E-state index in [-0.39, 0.29) is 36.4 Å². The van der Waals surface area contributed by atoms with Gasteiger partial charge in [0, 0.05) is 19.3 Å². The van der Waals surface area contributed by atoms with Crippen LogP contribution in [0.25, 0.3) is 0 Å². The van der Waals surface area contributed by atoms with Crippen molar-refractivity contribution in [3.63, 3.8) is 0 Å². The van der Waals surface area contributed by atoms with Gasteiger partial charge in [-0.15, -0.1) is 24.0 Å². The van der Waals surface area contributed by atoms with Crippen LogP contribution in [0.3, 0.4) is 0 Å². The van der Waals surface area contributed by atoms with Crippen LogP contribution < -0.4 is 16.0 Å². The molecule has 0 aliphatic heterocycles. The van der Waals surface area contributed by atoms with Crippen LogP contribution in [0.2, 0.25) is 0 Å². The van der Waals surface area contributed by atoms with Gasteiger partial charge in [-0.1, -0.05) is 11.6 Å². The van der Waals surface area contributed by atoms with E-state index in [0.717, 1.165) is 19.5 Å². The van der Waals surface area contributed by atoms with E-state index in [4.69, 9.17) is 0 Å². The molecule has 2 rings (SSSR count). The number of aromatic nitrogens is 1. The molecule has 6 nitrogen and oxygen atoms in total. The Labute approximate surface area is 167 Å². The monoisotopic (exact) mass is 457 g/mol. The minimum absolute atomic E-state index is 0. The summed E-state index contributed by atoms with van der Waals surface area (Å²) >= 11 is 0. The SMILES string of the molecule is CCNC(=NCC(=O)Nc1cccnc1)NCCC1=CCCCC1.I. The zero-order valence-corrected chi connectivity index (χ0v) is 17.1. The van der Waals surface area contributed by atoms with Crippen LogP contribution in [-0.2, 0) is 4.79 Å². The molecule has 25 heavy (non-hydrogen) atoms. The number of rotatable bonds is 7. The molecule has 0 spiro atoms. The molecule has 1 amide bonds. The van der Waals surface area contributed by atoms with Crippen molar-refractivity contribution in [2.75, 3.05) is 25.0 Å². The molecule has 0 bridgehead atoms. The second-order valence-electron chi connectivity index (χ2n) is 5.77. The second-order valence-corrected chi connectivity index (χ2v) is 5.77. The summed E-state index contributed by atoms with van der Waals surface area (Å²) in [5, 5.41) is 9.23. The van der Waals surface area contributed by atoms with Crippen molar-refractivity contribution in [2.45, 2.75) is 39.0 Å². The fourth-order valence-corrected chi connectivity index (χ4v) is 2.60. The lowest BCUT2D eigenvalue weighted by Crippen LogP contribution is -2.38. The Morgan fingerprint density at radius 3 is 2.88 bits per heavy atom. The summed E-state index contributed by atoms with van der Waals surface area (Å²) in [6.07, 6.45) is 11.7. The zero-order chi connectivity index (χ0) is 17.0. The number of hydrogen-bond donors (Lipinski definition) is 3. The molecule has 0 fully saturated rings. The molecule has 1 aromatic rings. The molecule has 138 valence electrons. The standard InChI is InChI=1S/C18H27N5O.HI/c1-2-20-18(21-12-10-15-7-4-3-5-8-15)22-14-17(24)23-16-9-6-11-19-13-16;/h6-7,9,11,13H,2-5,8,10,12,14H2,1H3,(H,23,24)(H2,20,21,22);1H. The minimum atomic E-state index is -0.157. The first-order chi connectivity index (χ1) is 11.8. The molecule has 0 saturated carbocycles. The van der Waals surface area contributed by atoms with E-state index in [0.29, 0.717) is 11.6 Å². The topological polar surface area (TPSA) is 78.4 Å². The predicted molar refractivity (Wildman–Crippen MR) is 113 cm³/mol. The summed E-state index contributed by atoms with van der Waals surface area (Å²) < 4.78 is 0. The lowest BCUT2D eigenvalue weighted by molar-refractivity contribution is -0.114. The second kappa shape index (κ2) is 12.7. The molecule has 0 unspecified atom stereocenters. The average Bonchev–Trinajstić information content (AvgIpc) is 2.61. The highest BCUT2D eigenvalue weighted by atomic mass is 127. The molecule has 3 N–H and O–H groups in total. The van der Waals surface area contributed by atoms with E-state index >= 15 is 0 Å². The Hall–Kier alpha value is -1.64. The number of halogens is 1. The number of allylic oxidation sites excluding steroid dienone is 1. The maximum absolute atomic E-state index is 11.9. The van der Waals surface area contributed by atoms with Gasteiger partial charge in [0.25, 0.3) is 0 Å². The van der Waals surface area contributed by atoms with Crippen molar-refractivity contribution < 1.29 is 4.79 Å². The fourth-order valence-electron chi connectivity index (χ4n) is 2.60. The summed E-state index contributed by atoms with van der Waals surface area (Å²) in [6, 6.07) is 3.58. The first-order valence-corrected chi connectivity index (χ1v) is 8.68. The number of anilines is 1. The van der Waals surface area contributed by atoms with Crippen molar-refractivity contribution >= 4 is 41.5 Å². The number of nitrogens with one attached hydrogen (secondary N) is 3. The van der Waals surface area contributed by atoms with Gasteiger partial charge in [0.1, 0.15) is 6.54 Å². The van der Waals surface area contributed by atoms with Gasteiger partial charge < -0.3 is 16.0 Å². The molecular weight excluding hydrogens is 429 g/mol.